The molecule has 1 fully saturated rings. The van der Waals surface area contributed by atoms with E-state index in [4.69, 9.17) is 25.2 Å². The van der Waals surface area contributed by atoms with Gasteiger partial charge >= 0.3 is 23.5 Å². The molecule has 3 aliphatic heterocycles. The molecule has 0 saturated carbocycles. The third-order valence-corrected chi connectivity index (χ3v) is 7.67. The molecule has 0 aromatic carbocycles. The number of hydrogen-bond acceptors (Lipinski definition) is 13. The summed E-state index contributed by atoms with van der Waals surface area (Å²) in [7, 11) is -16.6. The Labute approximate surface area is 172 Å². The number of amidine groups is 1. The van der Waals surface area contributed by atoms with Gasteiger partial charge in [-0.15, -0.1) is 0 Å². The molecule has 7 N–H and O–H groups in total. The van der Waals surface area contributed by atoms with E-state index in [2.05, 4.69) is 28.1 Å². The lowest BCUT2D eigenvalue weighted by Gasteiger charge is -2.25. The first-order chi connectivity index (χ1) is 14.2. The molecule has 0 aliphatic carbocycles. The molecule has 31 heavy (non-hydrogen) atoms. The summed E-state index contributed by atoms with van der Waals surface area (Å²) in [5, 5.41) is 10.1. The number of phosphoric ester groups is 1. The highest BCUT2D eigenvalue weighted by molar-refractivity contribution is 7.66. The van der Waals surface area contributed by atoms with Crippen molar-refractivity contribution in [1.29, 1.82) is 0 Å². The fraction of sp³-hybridized carbons (Fsp3) is 0.600. The molecule has 21 heteroatoms. The molecular weight excluding hydrogens is 491 g/mol. The molecule has 3 aliphatic rings. The molecule has 6 atom stereocenters. The predicted molar refractivity (Wildman–Crippen MR) is 97.3 cm³/mol. The number of rotatable bonds is 8. The van der Waals surface area contributed by atoms with Gasteiger partial charge in [-0.2, -0.15) is 18.6 Å². The van der Waals surface area contributed by atoms with Crippen molar-refractivity contribution in [3.8, 4) is 0 Å². The molecule has 1 saturated heterocycles. The lowest BCUT2D eigenvalue weighted by atomic mass is 10.2. The number of nitrogens with zero attached hydrogens (tertiary/aromatic N) is 4. The maximum absolute atomic E-state index is 11.8. The first-order valence-corrected chi connectivity index (χ1v) is 12.6. The minimum absolute atomic E-state index is 0.0899. The number of carbonyl (C=O) groups is 1. The number of ether oxygens (including phenoxy) is 1. The van der Waals surface area contributed by atoms with E-state index in [9.17, 15) is 28.5 Å². The van der Waals surface area contributed by atoms with Gasteiger partial charge in [-0.3, -0.25) is 19.2 Å². The Kier molecular flexibility index (Phi) is 6.66. The summed E-state index contributed by atoms with van der Waals surface area (Å²) in [6, 6.07) is -1.03. The Balaban J connectivity index is 1.60. The van der Waals surface area contributed by atoms with Crippen molar-refractivity contribution in [2.24, 2.45) is 20.7 Å². The molecule has 18 nitrogen and oxygen atoms in total. The quantitative estimate of drug-likeness (QED) is 0.190. The van der Waals surface area contributed by atoms with E-state index in [0.717, 1.165) is 0 Å². The molecule has 1 amide bonds. The number of amides is 1. The third kappa shape index (κ3) is 6.10. The largest absolute Gasteiger partial charge is 0.490 e. The summed E-state index contributed by atoms with van der Waals surface area (Å²) in [4.78, 5) is 60.0. The zero-order valence-electron chi connectivity index (χ0n) is 15.0. The highest BCUT2D eigenvalue weighted by Gasteiger charge is 2.46. The third-order valence-electron chi connectivity index (χ3n) is 3.87. The van der Waals surface area contributed by atoms with Crippen molar-refractivity contribution in [3.63, 3.8) is 0 Å². The van der Waals surface area contributed by atoms with Crippen molar-refractivity contribution in [2.75, 3.05) is 6.61 Å². The van der Waals surface area contributed by atoms with E-state index in [1.54, 1.807) is 0 Å². The molecule has 0 aromatic heterocycles. The van der Waals surface area contributed by atoms with Crippen LogP contribution in [-0.2, 0) is 36.4 Å². The number of hydrogen-bond donors (Lipinski definition) is 6. The van der Waals surface area contributed by atoms with E-state index in [1.165, 1.54) is 11.2 Å². The van der Waals surface area contributed by atoms with Crippen LogP contribution >= 0.6 is 23.5 Å². The Hall–Kier alpha value is -1.39. The predicted octanol–water partition coefficient (Wildman–Crippen LogP) is -2.23. The Morgan fingerprint density at radius 2 is 1.84 bits per heavy atom. The van der Waals surface area contributed by atoms with Crippen molar-refractivity contribution in [2.45, 2.75) is 30.9 Å². The molecule has 3 rings (SSSR count). The number of nitrogens with two attached hydrogens (primary N) is 1. The van der Waals surface area contributed by atoms with Crippen molar-refractivity contribution in [1.82, 2.24) is 4.90 Å². The SMILES string of the molecule is NC1=NC(=O)C2N=CN([C@H]3C[C@H](O)[C@@H](COP(=O)(O)OP(=O)(O)OP(=O)(O)O)O3)C2=N1. The maximum Gasteiger partial charge on any atom is 0.490 e. The van der Waals surface area contributed by atoms with Gasteiger partial charge < -0.3 is 35.2 Å². The lowest BCUT2D eigenvalue weighted by molar-refractivity contribution is -0.117. The number of fused-ring (bicyclic) bond motifs is 1. The van der Waals surface area contributed by atoms with Gasteiger partial charge in [0.05, 0.1) is 19.0 Å². The summed E-state index contributed by atoms with van der Waals surface area (Å²) in [6.07, 6.45) is -2.33. The van der Waals surface area contributed by atoms with Crippen LogP contribution in [0.3, 0.4) is 0 Å². The Morgan fingerprint density at radius 3 is 2.48 bits per heavy atom. The maximum atomic E-state index is 11.8. The minimum atomic E-state index is -5.67. The smallest absolute Gasteiger partial charge is 0.390 e. The fourth-order valence-corrected chi connectivity index (χ4v) is 5.77. The normalized spacial score (nSPS) is 32.3. The van der Waals surface area contributed by atoms with Crippen molar-refractivity contribution >= 4 is 47.5 Å². The van der Waals surface area contributed by atoms with E-state index < -0.39 is 60.5 Å². The van der Waals surface area contributed by atoms with Crippen LogP contribution < -0.4 is 5.73 Å². The first kappa shape index (κ1) is 24.3. The molecule has 0 bridgehead atoms. The van der Waals surface area contributed by atoms with E-state index in [1.807, 2.05) is 0 Å². The van der Waals surface area contributed by atoms with Crippen LogP contribution in [0.1, 0.15) is 6.42 Å². The standard InChI is InChI=1S/C10H16N5O13P3/c11-10-13-8-7(9(17)14-10)12-3-15(8)6-1-4(16)5(26-6)2-25-30(21,22)28-31(23,24)27-29(18,19)20/h3-7,16H,1-2H2,(H,21,22)(H,23,24)(H2,11,14,17)(H2,18,19,20)/t4-,5+,6+,7?/m0/s1. The Bertz CT molecular complexity index is 992. The van der Waals surface area contributed by atoms with Crippen molar-refractivity contribution < 1.29 is 61.1 Å². The van der Waals surface area contributed by atoms with Gasteiger partial charge in [0.1, 0.15) is 12.3 Å². The summed E-state index contributed by atoms with van der Waals surface area (Å²) in [5.74, 6) is -0.846. The van der Waals surface area contributed by atoms with Gasteiger partial charge in [0, 0.05) is 6.42 Å². The van der Waals surface area contributed by atoms with Gasteiger partial charge in [-0.1, -0.05) is 0 Å². The summed E-state index contributed by atoms with van der Waals surface area (Å²) < 4.78 is 50.8. The summed E-state index contributed by atoms with van der Waals surface area (Å²) >= 11 is 0. The van der Waals surface area contributed by atoms with Gasteiger partial charge in [0.25, 0.3) is 5.91 Å². The van der Waals surface area contributed by atoms with E-state index in [0.29, 0.717) is 0 Å². The molecule has 3 heterocycles. The van der Waals surface area contributed by atoms with Gasteiger partial charge in [-0.25, -0.2) is 13.7 Å². The highest BCUT2D eigenvalue weighted by Crippen LogP contribution is 2.66. The number of carbonyl (C=O) groups excluding carboxylic acids is 1. The van der Waals surface area contributed by atoms with Gasteiger partial charge in [0.2, 0.25) is 5.96 Å². The molecule has 0 spiro atoms. The molecule has 0 radical (unpaired) electrons. The zero-order chi connectivity index (χ0) is 23.2. The number of guanidine groups is 1. The topological polar surface area (TPSA) is 273 Å². The zero-order valence-corrected chi connectivity index (χ0v) is 17.7. The van der Waals surface area contributed by atoms with Crippen LogP contribution in [0, 0.1) is 0 Å². The Morgan fingerprint density at radius 1 is 1.16 bits per heavy atom. The number of phosphoric acid groups is 3. The van der Waals surface area contributed by atoms with Crippen LogP contribution in [0.2, 0.25) is 0 Å². The van der Waals surface area contributed by atoms with Gasteiger partial charge in [-0.05, 0) is 0 Å². The fourth-order valence-electron chi connectivity index (χ4n) is 2.74. The highest BCUT2D eigenvalue weighted by atomic mass is 31.3. The number of aliphatic hydroxyl groups excluding tert-OH is 1. The van der Waals surface area contributed by atoms with E-state index in [-0.39, 0.29) is 18.2 Å². The number of aliphatic hydroxyl groups is 1. The van der Waals surface area contributed by atoms with Gasteiger partial charge in [0.15, 0.2) is 11.9 Å². The molecule has 3 unspecified atom stereocenters. The van der Waals surface area contributed by atoms with Crippen LogP contribution in [-0.4, -0.2) is 84.7 Å². The second-order valence-electron chi connectivity index (χ2n) is 6.17. The van der Waals surface area contributed by atoms with Crippen LogP contribution in [0.5, 0.6) is 0 Å². The van der Waals surface area contributed by atoms with Crippen LogP contribution in [0.4, 0.5) is 0 Å². The molecule has 174 valence electrons. The van der Waals surface area contributed by atoms with Crippen molar-refractivity contribution in [3.05, 3.63) is 0 Å². The molecular formula is C10H16N5O13P3. The first-order valence-electron chi connectivity index (χ1n) is 8.06. The monoisotopic (exact) mass is 507 g/mol. The summed E-state index contributed by atoms with van der Waals surface area (Å²) in [6.45, 7) is -0.842. The second-order valence-corrected chi connectivity index (χ2v) is 10.6. The van der Waals surface area contributed by atoms with Crippen LogP contribution in [0.25, 0.3) is 0 Å². The average molecular weight is 507 g/mol. The van der Waals surface area contributed by atoms with Crippen LogP contribution in [0.15, 0.2) is 15.0 Å². The molecule has 0 aromatic rings. The minimum Gasteiger partial charge on any atom is -0.390 e. The number of aliphatic imine (C=N–C) groups is 3. The summed E-state index contributed by atoms with van der Waals surface area (Å²) in [5.41, 5.74) is 5.45. The average Bonchev–Trinajstić information content (AvgIpc) is 3.13. The lowest BCUT2D eigenvalue weighted by Crippen LogP contribution is -2.44. The second kappa shape index (κ2) is 8.51. The van der Waals surface area contributed by atoms with E-state index >= 15 is 0 Å².